The Morgan fingerprint density at radius 1 is 0.711 bits per heavy atom. The fourth-order valence-electron chi connectivity index (χ4n) is 4.61. The molecule has 0 heterocycles. The zero-order valence-corrected chi connectivity index (χ0v) is 21.8. The normalized spacial score (nSPS) is 12.7. The number of carbonyl (C=O) groups excluding carboxylic acids is 1. The predicted molar refractivity (Wildman–Crippen MR) is 151 cm³/mol. The van der Waals surface area contributed by atoms with E-state index in [0.29, 0.717) is 17.9 Å². The van der Waals surface area contributed by atoms with Crippen molar-refractivity contribution in [2.45, 2.75) is 39.3 Å². The van der Waals surface area contributed by atoms with E-state index < -0.39 is 11.7 Å². The molecule has 0 radical (unpaired) electrons. The van der Waals surface area contributed by atoms with Gasteiger partial charge in [0.05, 0.1) is 5.56 Å². The van der Waals surface area contributed by atoms with Crippen molar-refractivity contribution in [3.05, 3.63) is 119 Å². The quantitative estimate of drug-likeness (QED) is 0.215. The van der Waals surface area contributed by atoms with Crippen molar-refractivity contribution in [1.82, 2.24) is 0 Å². The van der Waals surface area contributed by atoms with Crippen LogP contribution >= 0.6 is 0 Å². The molecule has 1 atom stereocenters. The lowest BCUT2D eigenvalue weighted by Gasteiger charge is -2.19. The molecule has 0 amide bonds. The van der Waals surface area contributed by atoms with Gasteiger partial charge in [0.15, 0.2) is 0 Å². The minimum absolute atomic E-state index is 0.0784. The summed E-state index contributed by atoms with van der Waals surface area (Å²) in [5.41, 5.74) is 5.85. The highest BCUT2D eigenvalue weighted by molar-refractivity contribution is 5.85. The molecule has 0 aliphatic rings. The molecule has 1 nitrogen and oxygen atoms in total. The smallest absolute Gasteiger partial charge is 0.299 e. The van der Waals surface area contributed by atoms with E-state index in [2.05, 4.69) is 50.2 Å². The third kappa shape index (κ3) is 6.89. The van der Waals surface area contributed by atoms with E-state index in [9.17, 15) is 18.0 Å². The monoisotopic (exact) mass is 512 g/mol. The van der Waals surface area contributed by atoms with Gasteiger partial charge >= 0.3 is 6.18 Å². The van der Waals surface area contributed by atoms with E-state index in [1.807, 2.05) is 48.6 Å². The average Bonchev–Trinajstić information content (AvgIpc) is 2.90. The highest BCUT2D eigenvalue weighted by atomic mass is 19.4. The first kappa shape index (κ1) is 27.1. The molecule has 0 spiro atoms. The van der Waals surface area contributed by atoms with E-state index >= 15 is 0 Å². The maximum atomic E-state index is 13.1. The summed E-state index contributed by atoms with van der Waals surface area (Å²) in [6.07, 6.45) is 0.314. The van der Waals surface area contributed by atoms with E-state index in [4.69, 9.17) is 0 Å². The van der Waals surface area contributed by atoms with Gasteiger partial charge in [-0.15, -0.1) is 0 Å². The fraction of sp³-hybridized carbons (Fsp3) is 0.206. The van der Waals surface area contributed by atoms with Gasteiger partial charge < -0.3 is 0 Å². The number of alkyl halides is 3. The fourth-order valence-corrected chi connectivity index (χ4v) is 4.61. The molecule has 0 saturated heterocycles. The third-order valence-corrected chi connectivity index (χ3v) is 6.61. The second kappa shape index (κ2) is 11.6. The zero-order chi connectivity index (χ0) is 27.3. The van der Waals surface area contributed by atoms with Gasteiger partial charge in [0.2, 0.25) is 0 Å². The third-order valence-electron chi connectivity index (χ3n) is 6.61. The summed E-state index contributed by atoms with van der Waals surface area (Å²) in [7, 11) is 0. The number of carbonyl (C=O) groups is 1. The first-order valence-corrected chi connectivity index (χ1v) is 12.8. The van der Waals surface area contributed by atoms with Gasteiger partial charge in [-0.1, -0.05) is 105 Å². The summed E-state index contributed by atoms with van der Waals surface area (Å²) in [4.78, 5) is 12.6. The first-order valence-electron chi connectivity index (χ1n) is 12.8. The van der Waals surface area contributed by atoms with Crippen LogP contribution in [-0.4, -0.2) is 5.78 Å². The van der Waals surface area contributed by atoms with Gasteiger partial charge in [0.25, 0.3) is 0 Å². The standard InChI is InChI=1S/C34H31F3O/c1-23(2)19-33(24(3)38)31-21-26(20-30(22-31)29-15-17-32(18-16-29)34(35,36)37)10-9-25-11-13-28(14-12-25)27-7-5-4-6-8-27/h4-18,20-23,33H,19H2,1-3H3/b10-9+. The van der Waals surface area contributed by atoms with Crippen LogP contribution in [0, 0.1) is 5.92 Å². The Bertz CT molecular complexity index is 1400. The molecule has 4 rings (SSSR count). The molecule has 194 valence electrons. The Balaban J connectivity index is 1.70. The summed E-state index contributed by atoms with van der Waals surface area (Å²) >= 11 is 0. The molecule has 4 aromatic rings. The Morgan fingerprint density at radius 2 is 1.26 bits per heavy atom. The molecule has 4 aromatic carbocycles. The van der Waals surface area contributed by atoms with Crippen LogP contribution in [0.4, 0.5) is 13.2 Å². The van der Waals surface area contributed by atoms with Crippen LogP contribution < -0.4 is 0 Å². The van der Waals surface area contributed by atoms with Crippen molar-refractivity contribution in [3.63, 3.8) is 0 Å². The lowest BCUT2D eigenvalue weighted by molar-refractivity contribution is -0.137. The number of hydrogen-bond acceptors (Lipinski definition) is 1. The molecular formula is C34H31F3O. The Labute approximate surface area is 222 Å². The highest BCUT2D eigenvalue weighted by Gasteiger charge is 2.30. The molecule has 0 aliphatic carbocycles. The van der Waals surface area contributed by atoms with Crippen molar-refractivity contribution in [1.29, 1.82) is 0 Å². The van der Waals surface area contributed by atoms with Gasteiger partial charge in [-0.25, -0.2) is 0 Å². The molecule has 0 fully saturated rings. The second-order valence-electron chi connectivity index (χ2n) is 10.1. The average molecular weight is 513 g/mol. The van der Waals surface area contributed by atoms with Crippen molar-refractivity contribution >= 4 is 17.9 Å². The molecule has 4 heteroatoms. The van der Waals surface area contributed by atoms with Gasteiger partial charge in [-0.2, -0.15) is 13.2 Å². The molecule has 38 heavy (non-hydrogen) atoms. The van der Waals surface area contributed by atoms with Gasteiger partial charge in [0, 0.05) is 5.92 Å². The minimum Gasteiger partial charge on any atom is -0.299 e. The van der Waals surface area contributed by atoms with Gasteiger partial charge in [-0.3, -0.25) is 4.79 Å². The van der Waals surface area contributed by atoms with Crippen LogP contribution in [0.15, 0.2) is 97.1 Å². The van der Waals surface area contributed by atoms with E-state index in [1.54, 1.807) is 6.92 Å². The topological polar surface area (TPSA) is 17.1 Å². The highest BCUT2D eigenvalue weighted by Crippen LogP contribution is 2.34. The van der Waals surface area contributed by atoms with Crippen molar-refractivity contribution in [2.75, 3.05) is 0 Å². The number of halogens is 3. The first-order chi connectivity index (χ1) is 18.1. The van der Waals surface area contributed by atoms with Crippen LogP contribution in [0.3, 0.4) is 0 Å². The number of rotatable bonds is 8. The van der Waals surface area contributed by atoms with Crippen molar-refractivity contribution in [2.24, 2.45) is 5.92 Å². The Kier molecular flexibility index (Phi) is 8.31. The summed E-state index contributed by atoms with van der Waals surface area (Å²) in [6, 6.07) is 29.5. The molecule has 1 unspecified atom stereocenters. The second-order valence-corrected chi connectivity index (χ2v) is 10.1. The maximum Gasteiger partial charge on any atom is 0.416 e. The summed E-state index contributed by atoms with van der Waals surface area (Å²) in [6.45, 7) is 5.76. The maximum absolute atomic E-state index is 13.1. The lowest BCUT2D eigenvalue weighted by atomic mass is 9.85. The largest absolute Gasteiger partial charge is 0.416 e. The van der Waals surface area contributed by atoms with Gasteiger partial charge in [-0.05, 0) is 76.4 Å². The molecule has 0 aromatic heterocycles. The predicted octanol–water partition coefficient (Wildman–Crippen LogP) is 9.93. The molecule has 0 bridgehead atoms. The number of benzene rings is 4. The van der Waals surface area contributed by atoms with E-state index in [0.717, 1.165) is 45.5 Å². The van der Waals surface area contributed by atoms with E-state index in [-0.39, 0.29) is 11.7 Å². The van der Waals surface area contributed by atoms with Crippen LogP contribution in [0.5, 0.6) is 0 Å². The van der Waals surface area contributed by atoms with Gasteiger partial charge in [0.1, 0.15) is 5.78 Å². The molecular weight excluding hydrogens is 481 g/mol. The van der Waals surface area contributed by atoms with Crippen molar-refractivity contribution in [3.8, 4) is 22.3 Å². The zero-order valence-electron chi connectivity index (χ0n) is 21.8. The Morgan fingerprint density at radius 3 is 1.84 bits per heavy atom. The summed E-state index contributed by atoms with van der Waals surface area (Å²) in [5.74, 6) is 0.122. The molecule has 0 saturated carbocycles. The Hall–Kier alpha value is -3.92. The number of ketones is 1. The van der Waals surface area contributed by atoms with Crippen LogP contribution in [0.25, 0.3) is 34.4 Å². The molecule has 0 N–H and O–H groups in total. The summed E-state index contributed by atoms with van der Waals surface area (Å²) < 4.78 is 39.3. The lowest BCUT2D eigenvalue weighted by Crippen LogP contribution is -2.12. The van der Waals surface area contributed by atoms with Crippen LogP contribution in [0.2, 0.25) is 0 Å². The number of Topliss-reactive ketones (excluding diaryl/α,β-unsaturated/α-hetero) is 1. The number of hydrogen-bond donors (Lipinski definition) is 0. The van der Waals surface area contributed by atoms with E-state index in [1.165, 1.54) is 12.1 Å². The minimum atomic E-state index is -4.39. The van der Waals surface area contributed by atoms with Crippen LogP contribution in [-0.2, 0) is 11.0 Å². The molecule has 0 aliphatic heterocycles. The SMILES string of the molecule is CC(=O)C(CC(C)C)c1cc(/C=C/c2ccc(-c3ccccc3)cc2)cc(-c2ccc(C(F)(F)F)cc2)c1. The van der Waals surface area contributed by atoms with Crippen molar-refractivity contribution < 1.29 is 18.0 Å². The van der Waals surface area contributed by atoms with Crippen LogP contribution in [0.1, 0.15) is 55.4 Å². The summed E-state index contributed by atoms with van der Waals surface area (Å²) in [5, 5.41) is 0.